The molecule has 0 bridgehead atoms. The minimum absolute atomic E-state index is 0.160. The maximum Gasteiger partial charge on any atom is 0.233 e. The molecule has 1 fully saturated rings. The first kappa shape index (κ1) is 20.3. The molecular weight excluding hydrogens is 396 g/mol. The Balaban J connectivity index is 1.32. The first-order valence-electron chi connectivity index (χ1n) is 10.0. The van der Waals surface area contributed by atoms with Gasteiger partial charge >= 0.3 is 0 Å². The Kier molecular flexibility index (Phi) is 6.28. The van der Waals surface area contributed by atoms with E-state index in [1.165, 1.54) is 23.0 Å². The number of nitrogens with zero attached hydrogens (tertiary/aromatic N) is 4. The van der Waals surface area contributed by atoms with Crippen molar-refractivity contribution < 1.29 is 9.53 Å². The number of benzene rings is 2. The summed E-state index contributed by atoms with van der Waals surface area (Å²) in [5.74, 6) is 1.36. The summed E-state index contributed by atoms with van der Waals surface area (Å²) in [6, 6.07) is 16.3. The summed E-state index contributed by atoms with van der Waals surface area (Å²) >= 11 is 1.48. The fraction of sp³-hybridized carbons (Fsp3) is 0.304. The molecule has 0 saturated carbocycles. The molecule has 0 atom stereocenters. The maximum absolute atomic E-state index is 12.8. The molecule has 4 rings (SSSR count). The number of piperazine rings is 1. The Morgan fingerprint density at radius 3 is 2.53 bits per heavy atom. The zero-order valence-corrected chi connectivity index (χ0v) is 18.1. The number of thioether (sulfide) groups is 1. The summed E-state index contributed by atoms with van der Waals surface area (Å²) in [5.41, 5.74) is 3.49. The van der Waals surface area contributed by atoms with Gasteiger partial charge in [0.05, 0.1) is 12.9 Å². The van der Waals surface area contributed by atoms with Crippen LogP contribution in [0.25, 0.3) is 5.69 Å². The van der Waals surface area contributed by atoms with Gasteiger partial charge in [-0.2, -0.15) is 0 Å². The molecule has 1 aliphatic rings. The molecule has 2 aromatic carbocycles. The normalized spacial score (nSPS) is 14.1. The molecular formula is C23H26N4O2S. The summed E-state index contributed by atoms with van der Waals surface area (Å²) in [7, 11) is 1.65. The van der Waals surface area contributed by atoms with Crippen LogP contribution >= 0.6 is 11.8 Å². The number of carbonyl (C=O) groups excluding carboxylic acids is 1. The predicted molar refractivity (Wildman–Crippen MR) is 121 cm³/mol. The molecule has 2 heterocycles. The van der Waals surface area contributed by atoms with E-state index in [0.29, 0.717) is 5.75 Å². The molecule has 1 aromatic heterocycles. The van der Waals surface area contributed by atoms with E-state index in [2.05, 4.69) is 41.1 Å². The second-order valence-electron chi connectivity index (χ2n) is 7.27. The third-order valence-corrected chi connectivity index (χ3v) is 6.23. The Hall–Kier alpha value is -2.93. The van der Waals surface area contributed by atoms with Crippen molar-refractivity contribution in [3.05, 3.63) is 66.5 Å². The van der Waals surface area contributed by atoms with Gasteiger partial charge in [-0.1, -0.05) is 23.9 Å². The second-order valence-corrected chi connectivity index (χ2v) is 8.22. The van der Waals surface area contributed by atoms with E-state index in [-0.39, 0.29) is 5.91 Å². The summed E-state index contributed by atoms with van der Waals surface area (Å²) in [4.78, 5) is 21.5. The molecule has 0 radical (unpaired) electrons. The van der Waals surface area contributed by atoms with Crippen molar-refractivity contribution in [3.63, 3.8) is 0 Å². The van der Waals surface area contributed by atoms with Crippen LogP contribution in [0.4, 0.5) is 5.69 Å². The zero-order chi connectivity index (χ0) is 20.9. The van der Waals surface area contributed by atoms with Crippen LogP contribution in [-0.2, 0) is 4.79 Å². The lowest BCUT2D eigenvalue weighted by Crippen LogP contribution is -2.49. The van der Waals surface area contributed by atoms with Crippen molar-refractivity contribution in [1.82, 2.24) is 14.5 Å². The summed E-state index contributed by atoms with van der Waals surface area (Å²) < 4.78 is 7.21. The van der Waals surface area contributed by atoms with Crippen LogP contribution in [0.3, 0.4) is 0 Å². The number of imidazole rings is 1. The average molecular weight is 423 g/mol. The number of aryl methyl sites for hydroxylation is 1. The Bertz CT molecular complexity index is 994. The maximum atomic E-state index is 12.8. The molecule has 3 aromatic rings. The van der Waals surface area contributed by atoms with Gasteiger partial charge < -0.3 is 14.5 Å². The summed E-state index contributed by atoms with van der Waals surface area (Å²) in [5, 5.41) is 0.812. The lowest BCUT2D eigenvalue weighted by atomic mass is 10.2. The summed E-state index contributed by atoms with van der Waals surface area (Å²) in [6.07, 6.45) is 3.67. The molecule has 156 valence electrons. The Labute approximate surface area is 181 Å². The van der Waals surface area contributed by atoms with E-state index in [0.717, 1.165) is 42.8 Å². The minimum atomic E-state index is 0.160. The van der Waals surface area contributed by atoms with Gasteiger partial charge in [0.2, 0.25) is 5.91 Å². The number of anilines is 1. The van der Waals surface area contributed by atoms with Gasteiger partial charge in [0.15, 0.2) is 5.16 Å². The van der Waals surface area contributed by atoms with E-state index in [1.54, 1.807) is 13.3 Å². The lowest BCUT2D eigenvalue weighted by molar-refractivity contribution is -0.128. The summed E-state index contributed by atoms with van der Waals surface area (Å²) in [6.45, 7) is 5.33. The Morgan fingerprint density at radius 2 is 1.83 bits per heavy atom. The molecule has 7 heteroatoms. The minimum Gasteiger partial charge on any atom is -0.497 e. The quantitative estimate of drug-likeness (QED) is 0.568. The molecule has 0 spiro atoms. The highest BCUT2D eigenvalue weighted by Crippen LogP contribution is 2.23. The predicted octanol–water partition coefficient (Wildman–Crippen LogP) is 3.63. The van der Waals surface area contributed by atoms with E-state index >= 15 is 0 Å². The van der Waals surface area contributed by atoms with E-state index in [1.807, 2.05) is 39.9 Å². The SMILES string of the molecule is COc1ccc(-n2ccnc2SCC(=O)N2CCN(c3cccc(C)c3)CC2)cc1. The highest BCUT2D eigenvalue weighted by molar-refractivity contribution is 7.99. The van der Waals surface area contributed by atoms with Crippen molar-refractivity contribution in [1.29, 1.82) is 0 Å². The van der Waals surface area contributed by atoms with Crippen LogP contribution in [0.5, 0.6) is 5.75 Å². The molecule has 0 N–H and O–H groups in total. The second kappa shape index (κ2) is 9.26. The zero-order valence-electron chi connectivity index (χ0n) is 17.3. The lowest BCUT2D eigenvalue weighted by Gasteiger charge is -2.36. The fourth-order valence-electron chi connectivity index (χ4n) is 3.59. The number of rotatable bonds is 6. The number of amides is 1. The third kappa shape index (κ3) is 4.62. The van der Waals surface area contributed by atoms with Crippen molar-refractivity contribution in [2.45, 2.75) is 12.1 Å². The van der Waals surface area contributed by atoms with E-state index < -0.39 is 0 Å². The molecule has 6 nitrogen and oxygen atoms in total. The van der Waals surface area contributed by atoms with Gasteiger partial charge in [0.25, 0.3) is 0 Å². The van der Waals surface area contributed by atoms with Crippen LogP contribution in [-0.4, -0.2) is 59.4 Å². The first-order chi connectivity index (χ1) is 14.6. The van der Waals surface area contributed by atoms with Crippen molar-refractivity contribution >= 4 is 23.4 Å². The van der Waals surface area contributed by atoms with Gasteiger partial charge in [-0.15, -0.1) is 0 Å². The number of hydrogen-bond acceptors (Lipinski definition) is 5. The smallest absolute Gasteiger partial charge is 0.233 e. The van der Waals surface area contributed by atoms with Gasteiger partial charge in [0, 0.05) is 49.9 Å². The van der Waals surface area contributed by atoms with Gasteiger partial charge in [-0.05, 0) is 48.9 Å². The van der Waals surface area contributed by atoms with Crippen molar-refractivity contribution in [2.75, 3.05) is 43.9 Å². The van der Waals surface area contributed by atoms with Crippen LogP contribution in [0.1, 0.15) is 5.56 Å². The van der Waals surface area contributed by atoms with Gasteiger partial charge in [-0.3, -0.25) is 9.36 Å². The van der Waals surface area contributed by atoms with Crippen LogP contribution in [0, 0.1) is 6.92 Å². The topological polar surface area (TPSA) is 50.6 Å². The first-order valence-corrected chi connectivity index (χ1v) is 11.0. The number of methoxy groups -OCH3 is 1. The highest BCUT2D eigenvalue weighted by atomic mass is 32.2. The third-order valence-electron chi connectivity index (χ3n) is 5.28. The number of aromatic nitrogens is 2. The monoisotopic (exact) mass is 422 g/mol. The van der Waals surface area contributed by atoms with Crippen LogP contribution in [0.15, 0.2) is 66.1 Å². The molecule has 30 heavy (non-hydrogen) atoms. The number of ether oxygens (including phenoxy) is 1. The molecule has 0 aliphatic carbocycles. The average Bonchev–Trinajstić information content (AvgIpc) is 3.26. The van der Waals surface area contributed by atoms with Gasteiger partial charge in [0.1, 0.15) is 5.75 Å². The van der Waals surface area contributed by atoms with Gasteiger partial charge in [-0.25, -0.2) is 4.98 Å². The standard InChI is InChI=1S/C23H26N4O2S/c1-18-4-3-5-20(16-18)25-12-14-26(15-13-25)22(28)17-30-23-24-10-11-27(23)19-6-8-21(29-2)9-7-19/h3-11,16H,12-15,17H2,1-2H3. The van der Waals surface area contributed by atoms with Crippen molar-refractivity contribution in [2.24, 2.45) is 0 Å². The van der Waals surface area contributed by atoms with Crippen molar-refractivity contribution in [3.8, 4) is 11.4 Å². The van der Waals surface area contributed by atoms with Crippen LogP contribution in [0.2, 0.25) is 0 Å². The highest BCUT2D eigenvalue weighted by Gasteiger charge is 2.22. The molecule has 1 amide bonds. The van der Waals surface area contributed by atoms with E-state index in [9.17, 15) is 4.79 Å². The largest absolute Gasteiger partial charge is 0.497 e. The number of hydrogen-bond donors (Lipinski definition) is 0. The van der Waals surface area contributed by atoms with Crippen LogP contribution < -0.4 is 9.64 Å². The van der Waals surface area contributed by atoms with E-state index in [4.69, 9.17) is 4.74 Å². The Morgan fingerprint density at radius 1 is 1.07 bits per heavy atom. The number of carbonyl (C=O) groups is 1. The molecule has 1 aliphatic heterocycles. The molecule has 0 unspecified atom stereocenters. The molecule has 1 saturated heterocycles. The fourth-order valence-corrected chi connectivity index (χ4v) is 4.47.